The first-order chi connectivity index (χ1) is 9.25. The monoisotopic (exact) mass is 256 g/mol. The lowest BCUT2D eigenvalue weighted by Crippen LogP contribution is -2.15. The summed E-state index contributed by atoms with van der Waals surface area (Å²) in [7, 11) is 0. The third-order valence-corrected chi connectivity index (χ3v) is 2.68. The fourth-order valence-corrected chi connectivity index (χ4v) is 1.85. The van der Waals surface area contributed by atoms with Gasteiger partial charge < -0.3 is 0 Å². The standard InChI is InChI=1S/C13H9FN4O/c14-10-3-1-2-9(8-10)12-16-17-13(19)18(12)11-4-6-15-7-5-11/h1-8H,(H,17,19). The molecule has 1 N–H and O–H groups in total. The Bertz CT molecular complexity index is 764. The molecule has 3 aromatic rings. The van der Waals surface area contributed by atoms with Crippen LogP contribution in [0.15, 0.2) is 53.6 Å². The molecule has 5 nitrogen and oxygen atoms in total. The summed E-state index contributed by atoms with van der Waals surface area (Å²) in [5.41, 5.74) is 0.758. The molecule has 6 heteroatoms. The average molecular weight is 256 g/mol. The number of hydrogen-bond acceptors (Lipinski definition) is 3. The summed E-state index contributed by atoms with van der Waals surface area (Å²) in [5.74, 6) is -0.0232. The third-order valence-electron chi connectivity index (χ3n) is 2.68. The second kappa shape index (κ2) is 4.49. The van der Waals surface area contributed by atoms with Gasteiger partial charge in [-0.05, 0) is 24.3 Å². The van der Waals surface area contributed by atoms with Crippen molar-refractivity contribution in [2.45, 2.75) is 0 Å². The fraction of sp³-hybridized carbons (Fsp3) is 0. The molecule has 0 saturated heterocycles. The molecule has 0 bridgehead atoms. The van der Waals surface area contributed by atoms with Gasteiger partial charge in [0.2, 0.25) is 0 Å². The maximum absolute atomic E-state index is 13.3. The minimum atomic E-state index is -0.384. The zero-order valence-electron chi connectivity index (χ0n) is 9.75. The predicted molar refractivity (Wildman–Crippen MR) is 67.4 cm³/mol. The summed E-state index contributed by atoms with van der Waals surface area (Å²) >= 11 is 0. The molecular weight excluding hydrogens is 247 g/mol. The van der Waals surface area contributed by atoms with Crippen molar-refractivity contribution in [2.75, 3.05) is 0 Å². The molecule has 1 aromatic carbocycles. The minimum absolute atomic E-state index is 0.357. The highest BCUT2D eigenvalue weighted by molar-refractivity contribution is 5.57. The zero-order chi connectivity index (χ0) is 13.2. The molecule has 0 fully saturated rings. The number of rotatable bonds is 2. The van der Waals surface area contributed by atoms with Crippen molar-refractivity contribution in [1.82, 2.24) is 19.7 Å². The van der Waals surface area contributed by atoms with Gasteiger partial charge in [-0.25, -0.2) is 18.9 Å². The molecule has 0 atom stereocenters. The summed E-state index contributed by atoms with van der Waals surface area (Å²) in [6.07, 6.45) is 3.15. The molecule has 0 aliphatic rings. The largest absolute Gasteiger partial charge is 0.348 e. The van der Waals surface area contributed by atoms with E-state index in [-0.39, 0.29) is 11.5 Å². The average Bonchev–Trinajstić information content (AvgIpc) is 2.82. The highest BCUT2D eigenvalue weighted by Gasteiger charge is 2.12. The summed E-state index contributed by atoms with van der Waals surface area (Å²) in [6, 6.07) is 9.29. The molecule has 0 radical (unpaired) electrons. The maximum atomic E-state index is 13.3. The van der Waals surface area contributed by atoms with Gasteiger partial charge in [0.15, 0.2) is 5.82 Å². The van der Waals surface area contributed by atoms with E-state index in [0.29, 0.717) is 17.1 Å². The van der Waals surface area contributed by atoms with E-state index in [1.807, 2.05) is 0 Å². The number of H-pyrrole nitrogens is 1. The van der Waals surface area contributed by atoms with Crippen LogP contribution in [0.2, 0.25) is 0 Å². The predicted octanol–water partition coefficient (Wildman–Crippen LogP) is 1.76. The van der Waals surface area contributed by atoms with Crippen LogP contribution < -0.4 is 5.69 Å². The molecule has 3 rings (SSSR count). The lowest BCUT2D eigenvalue weighted by Gasteiger charge is -2.05. The normalized spacial score (nSPS) is 10.6. The van der Waals surface area contributed by atoms with E-state index >= 15 is 0 Å². The molecule has 0 aliphatic carbocycles. The van der Waals surface area contributed by atoms with Gasteiger partial charge in [0.05, 0.1) is 5.69 Å². The highest BCUT2D eigenvalue weighted by atomic mass is 19.1. The zero-order valence-corrected chi connectivity index (χ0v) is 9.75. The molecule has 19 heavy (non-hydrogen) atoms. The summed E-state index contributed by atoms with van der Waals surface area (Å²) < 4.78 is 14.6. The lowest BCUT2D eigenvalue weighted by atomic mass is 10.2. The second-order valence-electron chi connectivity index (χ2n) is 3.90. The van der Waals surface area contributed by atoms with E-state index in [1.165, 1.54) is 16.7 Å². The van der Waals surface area contributed by atoms with Gasteiger partial charge in [-0.1, -0.05) is 12.1 Å². The molecule has 0 amide bonds. The van der Waals surface area contributed by atoms with Crippen molar-refractivity contribution in [3.05, 3.63) is 65.1 Å². The lowest BCUT2D eigenvalue weighted by molar-refractivity contribution is 0.628. The van der Waals surface area contributed by atoms with Gasteiger partial charge in [0, 0.05) is 18.0 Å². The first-order valence-corrected chi connectivity index (χ1v) is 5.59. The maximum Gasteiger partial charge on any atom is 0.348 e. The highest BCUT2D eigenvalue weighted by Crippen LogP contribution is 2.19. The molecule has 94 valence electrons. The van der Waals surface area contributed by atoms with Gasteiger partial charge >= 0.3 is 5.69 Å². The van der Waals surface area contributed by atoms with Crippen molar-refractivity contribution >= 4 is 0 Å². The summed E-state index contributed by atoms with van der Waals surface area (Å²) in [4.78, 5) is 15.7. The van der Waals surface area contributed by atoms with E-state index in [4.69, 9.17) is 0 Å². The Kier molecular flexibility index (Phi) is 2.68. The van der Waals surface area contributed by atoms with Crippen molar-refractivity contribution in [2.24, 2.45) is 0 Å². The SMILES string of the molecule is O=c1[nH]nc(-c2cccc(F)c2)n1-c1ccncc1. The van der Waals surface area contributed by atoms with Crippen LogP contribution in [0.3, 0.4) is 0 Å². The van der Waals surface area contributed by atoms with Gasteiger partial charge in [-0.3, -0.25) is 4.98 Å². The Balaban J connectivity index is 2.22. The molecule has 0 spiro atoms. The Hall–Kier alpha value is -2.76. The van der Waals surface area contributed by atoms with E-state index in [2.05, 4.69) is 15.2 Å². The number of nitrogens with zero attached hydrogens (tertiary/aromatic N) is 3. The van der Waals surface area contributed by atoms with Crippen LogP contribution in [0.25, 0.3) is 17.1 Å². The van der Waals surface area contributed by atoms with E-state index in [9.17, 15) is 9.18 Å². The first kappa shape index (κ1) is 11.3. The van der Waals surface area contributed by atoms with Crippen LogP contribution in [0, 0.1) is 5.82 Å². The van der Waals surface area contributed by atoms with E-state index < -0.39 is 0 Å². The fourth-order valence-electron chi connectivity index (χ4n) is 1.85. The van der Waals surface area contributed by atoms with Crippen LogP contribution in [0.1, 0.15) is 0 Å². The van der Waals surface area contributed by atoms with Gasteiger partial charge in [0.25, 0.3) is 0 Å². The molecular formula is C13H9FN4O. The Morgan fingerprint density at radius 3 is 2.68 bits per heavy atom. The quantitative estimate of drug-likeness (QED) is 0.759. The third kappa shape index (κ3) is 2.03. The Labute approximate surface area is 107 Å². The number of aromatic amines is 1. The van der Waals surface area contributed by atoms with Crippen LogP contribution in [0.4, 0.5) is 4.39 Å². The number of nitrogens with one attached hydrogen (secondary N) is 1. The van der Waals surface area contributed by atoms with Crippen LogP contribution >= 0.6 is 0 Å². The van der Waals surface area contributed by atoms with Crippen molar-refractivity contribution < 1.29 is 4.39 Å². The van der Waals surface area contributed by atoms with Crippen LogP contribution in [-0.4, -0.2) is 19.7 Å². The number of aromatic nitrogens is 4. The van der Waals surface area contributed by atoms with E-state index in [1.54, 1.807) is 36.7 Å². The second-order valence-corrected chi connectivity index (χ2v) is 3.90. The van der Waals surface area contributed by atoms with Crippen molar-refractivity contribution in [3.8, 4) is 17.1 Å². The number of pyridine rings is 1. The molecule has 0 aliphatic heterocycles. The molecule has 2 aromatic heterocycles. The molecule has 0 saturated carbocycles. The smallest absolute Gasteiger partial charge is 0.265 e. The van der Waals surface area contributed by atoms with Gasteiger partial charge in [-0.2, -0.15) is 5.10 Å². The number of benzene rings is 1. The van der Waals surface area contributed by atoms with Crippen molar-refractivity contribution in [1.29, 1.82) is 0 Å². The number of hydrogen-bond donors (Lipinski definition) is 1. The first-order valence-electron chi connectivity index (χ1n) is 5.59. The summed E-state index contributed by atoms with van der Waals surface area (Å²) in [6.45, 7) is 0. The van der Waals surface area contributed by atoms with Crippen LogP contribution in [-0.2, 0) is 0 Å². The van der Waals surface area contributed by atoms with Gasteiger partial charge in [-0.15, -0.1) is 0 Å². The Morgan fingerprint density at radius 1 is 1.16 bits per heavy atom. The minimum Gasteiger partial charge on any atom is -0.265 e. The van der Waals surface area contributed by atoms with Gasteiger partial charge in [0.1, 0.15) is 5.82 Å². The van der Waals surface area contributed by atoms with E-state index in [0.717, 1.165) is 0 Å². The molecule has 0 unspecified atom stereocenters. The van der Waals surface area contributed by atoms with Crippen LogP contribution in [0.5, 0.6) is 0 Å². The molecule has 2 heterocycles. The van der Waals surface area contributed by atoms with Crippen molar-refractivity contribution in [3.63, 3.8) is 0 Å². The Morgan fingerprint density at radius 2 is 1.95 bits per heavy atom. The topological polar surface area (TPSA) is 63.6 Å². The summed E-state index contributed by atoms with van der Waals surface area (Å²) in [5, 5.41) is 6.31. The number of halogens is 1.